The number of hydrogen-bond acceptors (Lipinski definition) is 7. The van der Waals surface area contributed by atoms with Gasteiger partial charge in [-0.1, -0.05) is 11.6 Å². The summed E-state index contributed by atoms with van der Waals surface area (Å²) < 4.78 is 31.8. The second kappa shape index (κ2) is 8.68. The van der Waals surface area contributed by atoms with Crippen LogP contribution < -0.4 is 16.0 Å². The Labute approximate surface area is 185 Å². The number of carbonyl (C=O) groups excluding carboxylic acids is 1. The third-order valence-corrected chi connectivity index (χ3v) is 8.36. The van der Waals surface area contributed by atoms with Gasteiger partial charge in [-0.05, 0) is 50.8 Å². The number of fused-ring (bicyclic) bond motifs is 1. The quantitative estimate of drug-likeness (QED) is 0.506. The molecule has 1 fully saturated rings. The van der Waals surface area contributed by atoms with Crippen LogP contribution in [-0.4, -0.2) is 42.9 Å². The molecule has 1 unspecified atom stereocenters. The fourth-order valence-electron chi connectivity index (χ4n) is 4.17. The van der Waals surface area contributed by atoms with Crippen LogP contribution in [0.25, 0.3) is 0 Å². The van der Waals surface area contributed by atoms with Crippen molar-refractivity contribution in [3.05, 3.63) is 34.5 Å². The molecule has 4 rings (SSSR count). The van der Waals surface area contributed by atoms with Crippen LogP contribution in [0.3, 0.4) is 0 Å². The number of phenols is 1. The molecule has 2 amide bonds. The van der Waals surface area contributed by atoms with E-state index in [0.717, 1.165) is 25.1 Å². The number of sulfone groups is 1. The van der Waals surface area contributed by atoms with Gasteiger partial charge in [-0.3, -0.25) is 0 Å². The normalized spacial score (nSPS) is 21.4. The summed E-state index contributed by atoms with van der Waals surface area (Å²) in [4.78, 5) is 16.6. The summed E-state index contributed by atoms with van der Waals surface area (Å²) in [6.07, 6.45) is 3.53. The van der Waals surface area contributed by atoms with E-state index in [-0.39, 0.29) is 28.2 Å². The molecular weight excluding hydrogens is 444 g/mol. The van der Waals surface area contributed by atoms with Crippen molar-refractivity contribution in [3.8, 4) is 5.75 Å². The van der Waals surface area contributed by atoms with Gasteiger partial charge in [-0.25, -0.2) is 18.2 Å². The number of amides is 2. The minimum atomic E-state index is -3.89. The van der Waals surface area contributed by atoms with Gasteiger partial charge in [0.05, 0.1) is 27.7 Å². The zero-order valence-electron chi connectivity index (χ0n) is 17.1. The van der Waals surface area contributed by atoms with E-state index >= 15 is 0 Å². The second-order valence-electron chi connectivity index (χ2n) is 7.87. The lowest BCUT2D eigenvalue weighted by Gasteiger charge is -2.24. The highest BCUT2D eigenvalue weighted by atomic mass is 35.5. The van der Waals surface area contributed by atoms with Gasteiger partial charge >= 0.3 is 6.03 Å². The molecule has 2 aliphatic rings. The van der Waals surface area contributed by atoms with Crippen LogP contribution in [0.5, 0.6) is 5.75 Å². The zero-order valence-corrected chi connectivity index (χ0v) is 18.6. The Morgan fingerprint density at radius 1 is 1.32 bits per heavy atom. The average molecular weight is 469 g/mol. The first-order valence-corrected chi connectivity index (χ1v) is 12.2. The minimum absolute atomic E-state index is 0.0333. The van der Waals surface area contributed by atoms with Crippen LogP contribution in [0.4, 0.5) is 10.5 Å². The summed E-state index contributed by atoms with van der Waals surface area (Å²) in [7, 11) is -3.89. The first kappa shape index (κ1) is 21.9. The van der Waals surface area contributed by atoms with Gasteiger partial charge in [-0.2, -0.15) is 0 Å². The summed E-state index contributed by atoms with van der Waals surface area (Å²) in [6.45, 7) is 2.79. The number of piperidine rings is 1. The Balaban J connectivity index is 1.54. The van der Waals surface area contributed by atoms with Crippen molar-refractivity contribution in [2.24, 2.45) is 0 Å². The van der Waals surface area contributed by atoms with Crippen LogP contribution in [0, 0.1) is 6.92 Å². The van der Waals surface area contributed by atoms with Crippen LogP contribution in [0.2, 0.25) is 5.02 Å². The molecule has 2 heterocycles. The lowest BCUT2D eigenvalue weighted by molar-refractivity contribution is 0.243. The van der Waals surface area contributed by atoms with Crippen molar-refractivity contribution < 1.29 is 22.7 Å². The summed E-state index contributed by atoms with van der Waals surface area (Å²) in [5.41, 5.74) is 0.798. The number of nitrogens with one attached hydrogen (secondary N) is 3. The average Bonchev–Trinajstić information content (AvgIpc) is 3.12. The third kappa shape index (κ3) is 4.37. The number of carbonyl (C=O) groups is 1. The predicted octanol–water partition coefficient (Wildman–Crippen LogP) is 3.07. The number of oxazole rings is 1. The van der Waals surface area contributed by atoms with Crippen molar-refractivity contribution in [1.29, 1.82) is 0 Å². The zero-order chi connectivity index (χ0) is 22.2. The molecule has 0 bridgehead atoms. The monoisotopic (exact) mass is 468 g/mol. The van der Waals surface area contributed by atoms with Crippen molar-refractivity contribution >= 4 is 33.2 Å². The maximum atomic E-state index is 13.1. The molecule has 4 N–H and O–H groups in total. The lowest BCUT2D eigenvalue weighted by atomic mass is 9.97. The maximum Gasteiger partial charge on any atom is 0.319 e. The number of aryl methyl sites for hydroxylation is 2. The molecule has 0 saturated carbocycles. The number of nitrogens with zero attached hydrogens (tertiary/aromatic N) is 1. The number of hydrogen-bond donors (Lipinski definition) is 4. The van der Waals surface area contributed by atoms with Crippen LogP contribution in [0.15, 0.2) is 21.4 Å². The lowest BCUT2D eigenvalue weighted by Crippen LogP contribution is -2.39. The molecule has 1 aromatic carbocycles. The van der Waals surface area contributed by atoms with Crippen molar-refractivity contribution in [3.63, 3.8) is 0 Å². The number of aromatic nitrogens is 1. The number of anilines is 1. The molecule has 9 nitrogen and oxygen atoms in total. The Kier molecular flexibility index (Phi) is 6.14. The van der Waals surface area contributed by atoms with E-state index in [1.807, 2.05) is 0 Å². The number of aromatic hydroxyl groups is 1. The Hall–Kier alpha value is -2.30. The molecule has 11 heteroatoms. The summed E-state index contributed by atoms with van der Waals surface area (Å²) >= 11 is 6.15. The van der Waals surface area contributed by atoms with Gasteiger partial charge in [0, 0.05) is 13.5 Å². The summed E-state index contributed by atoms with van der Waals surface area (Å²) in [5.74, 6) is 0.613. The molecule has 1 saturated heterocycles. The molecule has 1 aliphatic heterocycles. The van der Waals surface area contributed by atoms with E-state index in [4.69, 9.17) is 16.0 Å². The van der Waals surface area contributed by atoms with E-state index in [0.29, 0.717) is 30.9 Å². The van der Waals surface area contributed by atoms with Gasteiger partial charge in [-0.15, -0.1) is 0 Å². The standard InChI is InChI=1S/C20H25ClN4O5S/c1-11-23-15-5-2-6-16(18(15)30-11)25-20(27)24-14-8-7-13(21)19(17(14)26)31(28,29)12-4-3-9-22-10-12/h7-8,12,16,22,26H,2-6,9-10H2,1H3,(H2,24,25,27)/t12-,16?/m0/s1. The molecule has 31 heavy (non-hydrogen) atoms. The third-order valence-electron chi connectivity index (χ3n) is 5.67. The smallest absolute Gasteiger partial charge is 0.319 e. The van der Waals surface area contributed by atoms with E-state index in [9.17, 15) is 18.3 Å². The van der Waals surface area contributed by atoms with Crippen molar-refractivity contribution in [2.45, 2.75) is 55.2 Å². The molecular formula is C20H25ClN4O5S. The number of phenolic OH excluding ortho intramolecular Hbond substituents is 1. The first-order chi connectivity index (χ1) is 14.8. The number of benzene rings is 1. The van der Waals surface area contributed by atoms with Crippen molar-refractivity contribution in [2.75, 3.05) is 18.4 Å². The second-order valence-corrected chi connectivity index (χ2v) is 10.4. The number of urea groups is 1. The van der Waals surface area contributed by atoms with Gasteiger partial charge < -0.3 is 25.5 Å². The molecule has 0 radical (unpaired) electrons. The molecule has 2 aromatic rings. The molecule has 168 valence electrons. The Bertz CT molecular complexity index is 1100. The van der Waals surface area contributed by atoms with Crippen LogP contribution in [0.1, 0.15) is 49.1 Å². The van der Waals surface area contributed by atoms with Crippen LogP contribution >= 0.6 is 11.6 Å². The van der Waals surface area contributed by atoms with Gasteiger partial charge in [0.2, 0.25) is 0 Å². The highest BCUT2D eigenvalue weighted by molar-refractivity contribution is 7.92. The molecule has 2 atom stereocenters. The predicted molar refractivity (Wildman–Crippen MR) is 115 cm³/mol. The van der Waals surface area contributed by atoms with E-state index in [1.165, 1.54) is 12.1 Å². The topological polar surface area (TPSA) is 134 Å². The van der Waals surface area contributed by atoms with Gasteiger partial charge in [0.1, 0.15) is 10.7 Å². The fourth-order valence-corrected chi connectivity index (χ4v) is 6.51. The largest absolute Gasteiger partial charge is 0.504 e. The van der Waals surface area contributed by atoms with Gasteiger partial charge in [0.25, 0.3) is 0 Å². The summed E-state index contributed by atoms with van der Waals surface area (Å²) in [5, 5.41) is 18.3. The minimum Gasteiger partial charge on any atom is -0.504 e. The van der Waals surface area contributed by atoms with Crippen LogP contribution in [-0.2, 0) is 16.3 Å². The SMILES string of the molecule is Cc1nc2c(o1)C(NC(=O)Nc1ccc(Cl)c(S(=O)(=O)[C@H]3CCCNC3)c1O)CCC2. The van der Waals surface area contributed by atoms with E-state index in [2.05, 4.69) is 20.9 Å². The fraction of sp³-hybridized carbons (Fsp3) is 0.500. The first-order valence-electron chi connectivity index (χ1n) is 10.3. The molecule has 0 spiro atoms. The highest BCUT2D eigenvalue weighted by Crippen LogP contribution is 2.39. The molecule has 1 aliphatic carbocycles. The Morgan fingerprint density at radius 2 is 2.13 bits per heavy atom. The maximum absolute atomic E-state index is 13.1. The summed E-state index contributed by atoms with van der Waals surface area (Å²) in [6, 6.07) is 1.79. The number of rotatable bonds is 4. The van der Waals surface area contributed by atoms with E-state index < -0.39 is 26.9 Å². The van der Waals surface area contributed by atoms with E-state index in [1.54, 1.807) is 6.92 Å². The Morgan fingerprint density at radius 3 is 2.87 bits per heavy atom. The van der Waals surface area contributed by atoms with Gasteiger partial charge in [0.15, 0.2) is 21.5 Å². The molecule has 1 aromatic heterocycles. The number of halogens is 1. The van der Waals surface area contributed by atoms with Crippen molar-refractivity contribution in [1.82, 2.24) is 15.6 Å². The highest BCUT2D eigenvalue weighted by Gasteiger charge is 2.34.